The van der Waals surface area contributed by atoms with E-state index in [-0.39, 0.29) is 12.2 Å². The summed E-state index contributed by atoms with van der Waals surface area (Å²) < 4.78 is 40.5. The van der Waals surface area contributed by atoms with Crippen molar-refractivity contribution in [2.45, 2.75) is 19.2 Å². The van der Waals surface area contributed by atoms with Gasteiger partial charge >= 0.3 is 18.4 Å². The summed E-state index contributed by atoms with van der Waals surface area (Å²) >= 11 is 0. The normalized spacial score (nSPS) is 17.5. The minimum Gasteiger partial charge on any atom is -0.481 e. The predicted molar refractivity (Wildman–Crippen MR) is 78.8 cm³/mol. The number of nitrogens with one attached hydrogen (secondary N) is 1. The zero-order valence-corrected chi connectivity index (χ0v) is 12.8. The number of likely N-dealkylation sites (tertiary alicyclic amines) is 1. The number of aliphatic carboxylic acids is 1. The van der Waals surface area contributed by atoms with E-state index in [1.807, 2.05) is 0 Å². The Morgan fingerprint density at radius 2 is 2.12 bits per heavy atom. The number of anilines is 1. The fourth-order valence-electron chi connectivity index (χ4n) is 2.47. The van der Waals surface area contributed by atoms with Crippen molar-refractivity contribution in [3.05, 3.63) is 23.8 Å². The molecule has 1 aliphatic rings. The standard InChI is InChI=1S/C15H14F3N3O4/c16-15(17,18)25-12-4-3-11(6-10(12)7-19)20-14(24)21-5-1-2-9(8-21)13(22)23/h3-4,6,9H,1-2,5,8H2,(H,20,24)(H,22,23). The minimum atomic E-state index is -4.93. The van der Waals surface area contributed by atoms with Crippen LogP contribution in [0, 0.1) is 17.2 Å². The van der Waals surface area contributed by atoms with E-state index in [1.54, 1.807) is 6.07 Å². The van der Waals surface area contributed by atoms with Gasteiger partial charge in [0.25, 0.3) is 0 Å². The summed E-state index contributed by atoms with van der Waals surface area (Å²) in [5.74, 6) is -2.31. The van der Waals surface area contributed by atoms with Gasteiger partial charge in [-0.3, -0.25) is 4.79 Å². The Bertz CT molecular complexity index is 715. The Morgan fingerprint density at radius 3 is 2.72 bits per heavy atom. The SMILES string of the molecule is N#Cc1cc(NC(=O)N2CCCC(C(=O)O)C2)ccc1OC(F)(F)F. The molecule has 10 heteroatoms. The van der Waals surface area contributed by atoms with Crippen molar-refractivity contribution in [1.82, 2.24) is 4.90 Å². The fraction of sp³-hybridized carbons (Fsp3) is 0.400. The highest BCUT2D eigenvalue weighted by Crippen LogP contribution is 2.28. The van der Waals surface area contributed by atoms with Crippen LogP contribution < -0.4 is 10.1 Å². The maximum atomic E-state index is 12.3. The number of carbonyl (C=O) groups excluding carboxylic acids is 1. The molecule has 0 saturated carbocycles. The van der Waals surface area contributed by atoms with Crippen molar-refractivity contribution >= 4 is 17.7 Å². The number of nitrogens with zero attached hydrogens (tertiary/aromatic N) is 2. The van der Waals surface area contributed by atoms with Crippen molar-refractivity contribution in [3.8, 4) is 11.8 Å². The van der Waals surface area contributed by atoms with E-state index in [4.69, 9.17) is 10.4 Å². The van der Waals surface area contributed by atoms with Gasteiger partial charge < -0.3 is 20.1 Å². The summed E-state index contributed by atoms with van der Waals surface area (Å²) in [6.07, 6.45) is -3.93. The maximum absolute atomic E-state index is 12.3. The zero-order chi connectivity index (χ0) is 18.6. The molecule has 1 aliphatic heterocycles. The third-order valence-electron chi connectivity index (χ3n) is 3.63. The second-order valence-electron chi connectivity index (χ2n) is 5.42. The first-order valence-electron chi connectivity index (χ1n) is 7.28. The molecule has 1 aromatic carbocycles. The molecular weight excluding hydrogens is 343 g/mol. The lowest BCUT2D eigenvalue weighted by Gasteiger charge is -2.30. The van der Waals surface area contributed by atoms with Crippen molar-refractivity contribution in [2.24, 2.45) is 5.92 Å². The average Bonchev–Trinajstić information content (AvgIpc) is 2.55. The Kier molecular flexibility index (Phi) is 5.36. The molecule has 1 heterocycles. The van der Waals surface area contributed by atoms with Crippen molar-refractivity contribution in [2.75, 3.05) is 18.4 Å². The number of halogens is 3. The van der Waals surface area contributed by atoms with Crippen LogP contribution in [-0.4, -0.2) is 41.5 Å². The number of benzene rings is 1. The number of piperidine rings is 1. The highest BCUT2D eigenvalue weighted by Gasteiger charge is 2.32. The number of carboxylic acid groups (broad SMARTS) is 1. The third kappa shape index (κ3) is 5.00. The summed E-state index contributed by atoms with van der Waals surface area (Å²) in [6.45, 7) is 0.414. The third-order valence-corrected chi connectivity index (χ3v) is 3.63. The summed E-state index contributed by atoms with van der Waals surface area (Å²) in [5.41, 5.74) is -0.286. The molecule has 25 heavy (non-hydrogen) atoms. The van der Waals surface area contributed by atoms with Crippen LogP contribution in [0.5, 0.6) is 5.75 Å². The lowest BCUT2D eigenvalue weighted by molar-refractivity contribution is -0.274. The van der Waals surface area contributed by atoms with Crippen LogP contribution >= 0.6 is 0 Å². The summed E-state index contributed by atoms with van der Waals surface area (Å²) in [4.78, 5) is 24.5. The van der Waals surface area contributed by atoms with Gasteiger partial charge in [-0.1, -0.05) is 0 Å². The highest BCUT2D eigenvalue weighted by molar-refractivity contribution is 5.90. The molecule has 0 spiro atoms. The first-order valence-corrected chi connectivity index (χ1v) is 7.28. The van der Waals surface area contributed by atoms with Gasteiger partial charge in [-0.2, -0.15) is 5.26 Å². The number of hydrogen-bond acceptors (Lipinski definition) is 4. The Morgan fingerprint density at radius 1 is 1.40 bits per heavy atom. The summed E-state index contributed by atoms with van der Waals surface area (Å²) in [6, 6.07) is 4.13. The number of ether oxygens (including phenoxy) is 1. The smallest absolute Gasteiger partial charge is 0.481 e. The van der Waals surface area contributed by atoms with Crippen LogP contribution in [0.25, 0.3) is 0 Å². The van der Waals surface area contributed by atoms with Gasteiger partial charge in [0.1, 0.15) is 11.8 Å². The molecule has 2 amide bonds. The molecule has 134 valence electrons. The quantitative estimate of drug-likeness (QED) is 0.866. The lowest BCUT2D eigenvalue weighted by Crippen LogP contribution is -2.44. The molecule has 1 saturated heterocycles. The van der Waals surface area contributed by atoms with E-state index < -0.39 is 35.6 Å². The molecule has 7 nitrogen and oxygen atoms in total. The number of urea groups is 1. The van der Waals surface area contributed by atoms with Crippen LogP contribution in [0.4, 0.5) is 23.7 Å². The molecule has 0 aliphatic carbocycles. The van der Waals surface area contributed by atoms with E-state index in [9.17, 15) is 22.8 Å². The number of carboxylic acids is 1. The van der Waals surface area contributed by atoms with Gasteiger partial charge in [-0.25, -0.2) is 4.79 Å². The molecule has 1 atom stereocenters. The summed E-state index contributed by atoms with van der Waals surface area (Å²) in [7, 11) is 0. The van der Waals surface area contributed by atoms with E-state index in [0.29, 0.717) is 19.4 Å². The van der Waals surface area contributed by atoms with Gasteiger partial charge in [0.15, 0.2) is 0 Å². The van der Waals surface area contributed by atoms with Crippen LogP contribution in [-0.2, 0) is 4.79 Å². The highest BCUT2D eigenvalue weighted by atomic mass is 19.4. The van der Waals surface area contributed by atoms with Gasteiger partial charge in [-0.15, -0.1) is 13.2 Å². The van der Waals surface area contributed by atoms with Crippen LogP contribution in [0.1, 0.15) is 18.4 Å². The second-order valence-corrected chi connectivity index (χ2v) is 5.42. The van der Waals surface area contributed by atoms with Crippen LogP contribution in [0.15, 0.2) is 18.2 Å². The minimum absolute atomic E-state index is 0.0432. The number of amides is 2. The number of hydrogen-bond donors (Lipinski definition) is 2. The first kappa shape index (κ1) is 18.4. The van der Waals surface area contributed by atoms with Crippen LogP contribution in [0.3, 0.4) is 0 Å². The second kappa shape index (κ2) is 7.29. The molecule has 0 bridgehead atoms. The summed E-state index contributed by atoms with van der Waals surface area (Å²) in [5, 5.41) is 20.4. The van der Waals surface area contributed by atoms with Crippen molar-refractivity contribution in [1.29, 1.82) is 5.26 Å². The average molecular weight is 357 g/mol. The number of rotatable bonds is 3. The van der Waals surface area contributed by atoms with Gasteiger partial charge in [-0.05, 0) is 31.0 Å². The molecular formula is C15H14F3N3O4. The Hall–Kier alpha value is -2.96. The van der Waals surface area contributed by atoms with E-state index in [1.165, 1.54) is 11.0 Å². The van der Waals surface area contributed by atoms with E-state index >= 15 is 0 Å². The molecule has 1 fully saturated rings. The lowest BCUT2D eigenvalue weighted by atomic mass is 9.99. The Labute approximate surface area is 140 Å². The van der Waals surface area contributed by atoms with Crippen LogP contribution in [0.2, 0.25) is 0 Å². The molecule has 0 aromatic heterocycles. The fourth-order valence-corrected chi connectivity index (χ4v) is 2.47. The van der Waals surface area contributed by atoms with Gasteiger partial charge in [0.05, 0.1) is 11.5 Å². The molecule has 1 aromatic rings. The molecule has 2 N–H and O–H groups in total. The monoisotopic (exact) mass is 357 g/mol. The van der Waals surface area contributed by atoms with Crippen molar-refractivity contribution in [3.63, 3.8) is 0 Å². The maximum Gasteiger partial charge on any atom is 0.573 e. The zero-order valence-electron chi connectivity index (χ0n) is 12.8. The Balaban J connectivity index is 2.08. The number of nitriles is 1. The molecule has 2 rings (SSSR count). The van der Waals surface area contributed by atoms with Gasteiger partial charge in [0.2, 0.25) is 0 Å². The predicted octanol–water partition coefficient (Wildman–Crippen LogP) is 2.79. The molecule has 1 unspecified atom stereocenters. The van der Waals surface area contributed by atoms with E-state index in [0.717, 1.165) is 12.1 Å². The number of carbonyl (C=O) groups is 2. The van der Waals surface area contributed by atoms with Gasteiger partial charge in [0, 0.05) is 18.8 Å². The molecule has 0 radical (unpaired) electrons. The van der Waals surface area contributed by atoms with E-state index in [2.05, 4.69) is 10.1 Å². The number of alkyl halides is 3. The first-order chi connectivity index (χ1) is 11.7. The van der Waals surface area contributed by atoms with Crippen molar-refractivity contribution < 1.29 is 32.6 Å². The topological polar surface area (TPSA) is 103 Å². The largest absolute Gasteiger partial charge is 0.573 e.